The van der Waals surface area contributed by atoms with Gasteiger partial charge in [0.15, 0.2) is 9.84 Å². The number of methoxy groups -OCH3 is 1. The van der Waals surface area contributed by atoms with Crippen LogP contribution in [0.15, 0.2) is 21.5 Å². The van der Waals surface area contributed by atoms with Crippen molar-refractivity contribution >= 4 is 43.3 Å². The van der Waals surface area contributed by atoms with Gasteiger partial charge in [0.1, 0.15) is 0 Å². The zero-order valence-corrected chi connectivity index (χ0v) is 17.3. The highest BCUT2D eigenvalue weighted by molar-refractivity contribution is 9.10. The molecule has 7 nitrogen and oxygen atoms in total. The molecule has 1 heterocycles. The van der Waals surface area contributed by atoms with E-state index in [9.17, 15) is 18.0 Å². The lowest BCUT2D eigenvalue weighted by molar-refractivity contribution is -0.120. The van der Waals surface area contributed by atoms with Crippen LogP contribution in [0.2, 0.25) is 0 Å². The second-order valence-corrected chi connectivity index (χ2v) is 9.09. The fraction of sp³-hybridized carbons (Fsp3) is 0.529. The molecule has 0 aliphatic carbocycles. The quantitative estimate of drug-likeness (QED) is 0.613. The first-order valence-electron chi connectivity index (χ1n) is 8.35. The minimum Gasteiger partial charge on any atom is -0.385 e. The number of hydrogen-bond acceptors (Lipinski definition) is 5. The maximum Gasteiger partial charge on any atom is 0.223 e. The Kier molecular flexibility index (Phi) is 7.19. The lowest BCUT2D eigenvalue weighted by Gasteiger charge is -2.19. The Balaban J connectivity index is 2.14. The number of nitrogens with one attached hydrogen (secondary N) is 1. The van der Waals surface area contributed by atoms with Gasteiger partial charge in [0, 0.05) is 44.6 Å². The third-order valence-corrected chi connectivity index (χ3v) is 6.33. The normalized spacial score (nSPS) is 13.6. The van der Waals surface area contributed by atoms with E-state index in [4.69, 9.17) is 4.74 Å². The smallest absolute Gasteiger partial charge is 0.223 e. The summed E-state index contributed by atoms with van der Waals surface area (Å²) >= 11 is 3.34. The van der Waals surface area contributed by atoms with Gasteiger partial charge in [0.25, 0.3) is 0 Å². The summed E-state index contributed by atoms with van der Waals surface area (Å²) in [4.78, 5) is 25.3. The molecule has 1 N–H and O–H groups in total. The topological polar surface area (TPSA) is 92.8 Å². The van der Waals surface area contributed by atoms with E-state index in [0.717, 1.165) is 5.56 Å². The molecular weight excluding hydrogens is 424 g/mol. The van der Waals surface area contributed by atoms with Crippen LogP contribution in [0.25, 0.3) is 0 Å². The Labute approximate surface area is 162 Å². The van der Waals surface area contributed by atoms with Gasteiger partial charge < -0.3 is 15.0 Å². The number of rotatable bonds is 8. The van der Waals surface area contributed by atoms with E-state index < -0.39 is 9.84 Å². The number of anilines is 1. The molecule has 0 atom stereocenters. The van der Waals surface area contributed by atoms with Gasteiger partial charge in [0.05, 0.1) is 16.3 Å². The van der Waals surface area contributed by atoms with E-state index in [2.05, 4.69) is 21.2 Å². The van der Waals surface area contributed by atoms with Crippen molar-refractivity contribution in [3.63, 3.8) is 0 Å². The summed E-state index contributed by atoms with van der Waals surface area (Å²) in [5.41, 5.74) is 1.26. The number of benzene rings is 1. The Hall–Kier alpha value is -1.45. The van der Waals surface area contributed by atoms with Gasteiger partial charge in [-0.25, -0.2) is 8.42 Å². The molecule has 0 saturated heterocycles. The summed E-state index contributed by atoms with van der Waals surface area (Å²) in [6, 6.07) is 3.34. The molecule has 9 heteroatoms. The lowest BCUT2D eigenvalue weighted by atomic mass is 10.2. The number of carbonyl (C=O) groups excluding carboxylic acids is 2. The fourth-order valence-electron chi connectivity index (χ4n) is 2.89. The molecule has 0 fully saturated rings. The molecule has 1 aliphatic heterocycles. The number of fused-ring (bicyclic) bond motifs is 1. The summed E-state index contributed by atoms with van der Waals surface area (Å²) in [6.07, 6.45) is 1.15. The van der Waals surface area contributed by atoms with Gasteiger partial charge in [-0.2, -0.15) is 0 Å². The van der Waals surface area contributed by atoms with E-state index >= 15 is 0 Å². The maximum atomic E-state index is 12.8. The Morgan fingerprint density at radius 2 is 2.08 bits per heavy atom. The molecule has 1 aliphatic rings. The van der Waals surface area contributed by atoms with Crippen molar-refractivity contribution in [1.82, 2.24) is 5.32 Å². The Morgan fingerprint density at radius 1 is 1.35 bits per heavy atom. The van der Waals surface area contributed by atoms with E-state index in [1.165, 1.54) is 17.9 Å². The average Bonchev–Trinajstić information content (AvgIpc) is 3.00. The van der Waals surface area contributed by atoms with Crippen molar-refractivity contribution in [1.29, 1.82) is 0 Å². The molecule has 26 heavy (non-hydrogen) atoms. The van der Waals surface area contributed by atoms with Crippen molar-refractivity contribution < 1.29 is 22.7 Å². The van der Waals surface area contributed by atoms with Gasteiger partial charge in [-0.15, -0.1) is 0 Å². The van der Waals surface area contributed by atoms with Gasteiger partial charge in [0.2, 0.25) is 11.8 Å². The molecule has 1 aromatic rings. The third-order valence-electron chi connectivity index (χ3n) is 4.15. The Morgan fingerprint density at radius 3 is 2.73 bits per heavy atom. The molecule has 0 radical (unpaired) electrons. The SMILES string of the molecule is COCCCNC(=O)CCS(=O)(=O)c1cc(Br)cc2c1N(C(C)=O)CC2. The summed E-state index contributed by atoms with van der Waals surface area (Å²) in [5, 5.41) is 2.68. The van der Waals surface area contributed by atoms with Crippen LogP contribution in [0.5, 0.6) is 0 Å². The van der Waals surface area contributed by atoms with Crippen LogP contribution in [-0.2, 0) is 30.6 Å². The molecule has 0 spiro atoms. The van der Waals surface area contributed by atoms with Gasteiger partial charge in [-0.3, -0.25) is 9.59 Å². The number of halogens is 1. The van der Waals surface area contributed by atoms with Crippen LogP contribution < -0.4 is 10.2 Å². The molecule has 0 unspecified atom stereocenters. The first-order chi connectivity index (χ1) is 12.3. The van der Waals surface area contributed by atoms with Crippen LogP contribution in [-0.4, -0.2) is 52.8 Å². The summed E-state index contributed by atoms with van der Waals surface area (Å²) in [5.74, 6) is -0.823. The highest BCUT2D eigenvalue weighted by atomic mass is 79.9. The van der Waals surface area contributed by atoms with Gasteiger partial charge >= 0.3 is 0 Å². The van der Waals surface area contributed by atoms with Crippen molar-refractivity contribution in [3.8, 4) is 0 Å². The number of hydrogen-bond donors (Lipinski definition) is 1. The van der Waals surface area contributed by atoms with Gasteiger partial charge in [-0.1, -0.05) is 15.9 Å². The second-order valence-electron chi connectivity index (χ2n) is 6.10. The van der Waals surface area contributed by atoms with Crippen LogP contribution in [0.3, 0.4) is 0 Å². The zero-order chi connectivity index (χ0) is 19.3. The van der Waals surface area contributed by atoms with Crippen LogP contribution in [0, 0.1) is 0 Å². The number of carbonyl (C=O) groups is 2. The van der Waals surface area contributed by atoms with Crippen LogP contribution >= 0.6 is 15.9 Å². The van der Waals surface area contributed by atoms with Crippen molar-refractivity contribution in [2.24, 2.45) is 0 Å². The third kappa shape index (κ3) is 5.05. The molecule has 0 saturated carbocycles. The number of amides is 2. The van der Waals surface area contributed by atoms with Crippen molar-refractivity contribution in [3.05, 3.63) is 22.2 Å². The molecule has 1 aromatic carbocycles. The number of ether oxygens (including phenoxy) is 1. The minimum absolute atomic E-state index is 0.0988. The fourth-order valence-corrected chi connectivity index (χ4v) is 5.06. The first kappa shape index (κ1) is 20.9. The van der Waals surface area contributed by atoms with E-state index in [1.807, 2.05) is 6.07 Å². The molecule has 144 valence electrons. The maximum absolute atomic E-state index is 12.8. The predicted molar refractivity (Wildman–Crippen MR) is 102 cm³/mol. The van der Waals surface area contributed by atoms with E-state index in [-0.39, 0.29) is 28.9 Å². The summed E-state index contributed by atoms with van der Waals surface area (Å²) in [6.45, 7) is 2.85. The van der Waals surface area contributed by atoms with Gasteiger partial charge in [-0.05, 0) is 30.5 Å². The molecule has 0 aromatic heterocycles. The highest BCUT2D eigenvalue weighted by Gasteiger charge is 2.31. The standard InChI is InChI=1S/C17H23BrN2O5S/c1-12(21)20-7-4-13-10-14(18)11-15(17(13)20)26(23,24)9-5-16(22)19-6-3-8-25-2/h10-11H,3-9H2,1-2H3,(H,19,22). The van der Waals surface area contributed by atoms with Crippen LogP contribution in [0.4, 0.5) is 5.69 Å². The van der Waals surface area contributed by atoms with Crippen molar-refractivity contribution in [2.75, 3.05) is 37.5 Å². The summed E-state index contributed by atoms with van der Waals surface area (Å²) in [7, 11) is -2.14. The molecule has 2 amide bonds. The average molecular weight is 447 g/mol. The Bertz CT molecular complexity index is 795. The van der Waals surface area contributed by atoms with E-state index in [1.54, 1.807) is 7.11 Å². The second kappa shape index (κ2) is 8.96. The number of sulfone groups is 1. The molecule has 0 bridgehead atoms. The number of nitrogens with zero attached hydrogens (tertiary/aromatic N) is 1. The first-order valence-corrected chi connectivity index (χ1v) is 10.8. The molecular formula is C17H23BrN2O5S. The summed E-state index contributed by atoms with van der Waals surface area (Å²) < 4.78 is 31.2. The van der Waals surface area contributed by atoms with Crippen LogP contribution in [0.1, 0.15) is 25.3 Å². The largest absolute Gasteiger partial charge is 0.385 e. The predicted octanol–water partition coefficient (Wildman–Crippen LogP) is 1.67. The van der Waals surface area contributed by atoms with Crippen molar-refractivity contribution in [2.45, 2.75) is 31.1 Å². The zero-order valence-electron chi connectivity index (χ0n) is 14.9. The lowest BCUT2D eigenvalue weighted by Crippen LogP contribution is -2.29. The van der Waals surface area contributed by atoms with E-state index in [0.29, 0.717) is 42.7 Å². The highest BCUT2D eigenvalue weighted by Crippen LogP contribution is 2.38. The molecule has 2 rings (SSSR count). The minimum atomic E-state index is -3.71. The monoisotopic (exact) mass is 446 g/mol.